The maximum absolute atomic E-state index is 11.3. The molecule has 7 nitrogen and oxygen atoms in total. The number of carbonyl (C=O) groups is 1. The van der Waals surface area contributed by atoms with E-state index >= 15 is 0 Å². The fraction of sp³-hybridized carbons (Fsp3) is 0.250. The van der Waals surface area contributed by atoms with E-state index in [1.165, 1.54) is 12.1 Å². The molecule has 1 fully saturated rings. The fourth-order valence-corrected chi connectivity index (χ4v) is 2.76. The minimum absolute atomic E-state index is 0.0667. The Labute approximate surface area is 133 Å². The second-order valence-electron chi connectivity index (χ2n) is 5.28. The van der Waals surface area contributed by atoms with Crippen molar-refractivity contribution in [3.63, 3.8) is 0 Å². The van der Waals surface area contributed by atoms with Gasteiger partial charge in [0, 0.05) is 55.8 Å². The first-order chi connectivity index (χ1) is 11.2. The van der Waals surface area contributed by atoms with Crippen LogP contribution in [0.5, 0.6) is 0 Å². The number of aldehydes is 1. The van der Waals surface area contributed by atoms with Crippen molar-refractivity contribution in [2.75, 3.05) is 36.0 Å². The quantitative estimate of drug-likeness (QED) is 0.489. The summed E-state index contributed by atoms with van der Waals surface area (Å²) in [6, 6.07) is 10.2. The molecule has 0 spiro atoms. The van der Waals surface area contributed by atoms with E-state index in [2.05, 4.69) is 14.8 Å². The van der Waals surface area contributed by atoms with Gasteiger partial charge in [-0.15, -0.1) is 0 Å². The summed E-state index contributed by atoms with van der Waals surface area (Å²) in [6.07, 6.45) is 2.44. The number of pyridine rings is 1. The van der Waals surface area contributed by atoms with E-state index in [0.29, 0.717) is 11.8 Å². The monoisotopic (exact) mass is 312 g/mol. The number of anilines is 2. The first-order valence-electron chi connectivity index (χ1n) is 7.33. The Hall–Kier alpha value is -2.96. The Kier molecular flexibility index (Phi) is 4.18. The highest BCUT2D eigenvalue weighted by Crippen LogP contribution is 2.26. The predicted molar refractivity (Wildman–Crippen MR) is 87.1 cm³/mol. The molecule has 0 unspecified atom stereocenters. The van der Waals surface area contributed by atoms with Crippen LogP contribution >= 0.6 is 0 Å². The molecule has 0 atom stereocenters. The zero-order chi connectivity index (χ0) is 16.2. The van der Waals surface area contributed by atoms with Gasteiger partial charge in [0.05, 0.1) is 4.92 Å². The Balaban J connectivity index is 1.75. The maximum atomic E-state index is 11.3. The van der Waals surface area contributed by atoms with Crippen LogP contribution in [0.2, 0.25) is 0 Å². The molecule has 3 rings (SSSR count). The summed E-state index contributed by atoms with van der Waals surface area (Å²) >= 11 is 0. The second kappa shape index (κ2) is 6.43. The van der Waals surface area contributed by atoms with Crippen molar-refractivity contribution >= 4 is 23.5 Å². The molecule has 2 aromatic rings. The van der Waals surface area contributed by atoms with Crippen molar-refractivity contribution < 1.29 is 9.72 Å². The highest BCUT2D eigenvalue weighted by atomic mass is 16.6. The molecule has 23 heavy (non-hydrogen) atoms. The van der Waals surface area contributed by atoms with Gasteiger partial charge in [-0.1, -0.05) is 6.07 Å². The zero-order valence-corrected chi connectivity index (χ0v) is 12.5. The van der Waals surface area contributed by atoms with Crippen molar-refractivity contribution in [2.45, 2.75) is 0 Å². The summed E-state index contributed by atoms with van der Waals surface area (Å²) in [6.45, 7) is 3.03. The van der Waals surface area contributed by atoms with Gasteiger partial charge in [0.1, 0.15) is 5.82 Å². The van der Waals surface area contributed by atoms with Crippen LogP contribution in [0, 0.1) is 10.1 Å². The number of piperazine rings is 1. The third kappa shape index (κ3) is 3.13. The molecule has 0 amide bonds. The van der Waals surface area contributed by atoms with Crippen molar-refractivity contribution in [2.24, 2.45) is 0 Å². The van der Waals surface area contributed by atoms with Crippen LogP contribution in [0.1, 0.15) is 10.4 Å². The summed E-state index contributed by atoms with van der Waals surface area (Å²) in [7, 11) is 0. The van der Waals surface area contributed by atoms with Crippen LogP contribution in [0.4, 0.5) is 17.2 Å². The number of hydrogen-bond acceptors (Lipinski definition) is 6. The van der Waals surface area contributed by atoms with Gasteiger partial charge in [-0.3, -0.25) is 14.9 Å². The van der Waals surface area contributed by atoms with Crippen molar-refractivity contribution in [3.8, 4) is 0 Å². The lowest BCUT2D eigenvalue weighted by atomic mass is 10.1. The minimum Gasteiger partial charge on any atom is -0.367 e. The summed E-state index contributed by atoms with van der Waals surface area (Å²) in [4.78, 5) is 30.2. The van der Waals surface area contributed by atoms with Crippen LogP contribution in [0.3, 0.4) is 0 Å². The first kappa shape index (κ1) is 15.0. The van der Waals surface area contributed by atoms with Crippen LogP contribution < -0.4 is 9.80 Å². The third-order valence-corrected chi connectivity index (χ3v) is 3.94. The molecule has 2 heterocycles. The molecular formula is C16H16N4O3. The number of non-ortho nitro benzene ring substituents is 1. The van der Waals surface area contributed by atoms with Gasteiger partial charge < -0.3 is 9.80 Å². The Morgan fingerprint density at radius 3 is 2.43 bits per heavy atom. The lowest BCUT2D eigenvalue weighted by Crippen LogP contribution is -2.47. The lowest BCUT2D eigenvalue weighted by molar-refractivity contribution is -0.384. The van der Waals surface area contributed by atoms with E-state index in [9.17, 15) is 14.9 Å². The van der Waals surface area contributed by atoms with Gasteiger partial charge in [0.15, 0.2) is 6.29 Å². The Bertz CT molecular complexity index is 713. The molecule has 118 valence electrons. The van der Waals surface area contributed by atoms with Crippen molar-refractivity contribution in [1.29, 1.82) is 0 Å². The van der Waals surface area contributed by atoms with Gasteiger partial charge in [0.2, 0.25) is 0 Å². The summed E-state index contributed by atoms with van der Waals surface area (Å²) in [5, 5.41) is 10.8. The van der Waals surface area contributed by atoms with E-state index in [4.69, 9.17) is 0 Å². The number of rotatable bonds is 4. The summed E-state index contributed by atoms with van der Waals surface area (Å²) in [5.41, 5.74) is 1.03. The van der Waals surface area contributed by atoms with Gasteiger partial charge >= 0.3 is 0 Å². The largest absolute Gasteiger partial charge is 0.367 e. The molecule has 0 radical (unpaired) electrons. The van der Waals surface area contributed by atoms with Crippen LogP contribution in [0.15, 0.2) is 42.6 Å². The average molecular weight is 312 g/mol. The normalized spacial score (nSPS) is 14.6. The van der Waals surface area contributed by atoms with E-state index < -0.39 is 4.92 Å². The SMILES string of the molecule is O=Cc1cc([N+](=O)[O-])ccc1N1CCN(c2ccccn2)CC1. The molecule has 0 saturated carbocycles. The van der Waals surface area contributed by atoms with E-state index in [1.807, 2.05) is 18.2 Å². The second-order valence-corrected chi connectivity index (χ2v) is 5.28. The molecule has 0 aliphatic carbocycles. The topological polar surface area (TPSA) is 79.6 Å². The van der Waals surface area contributed by atoms with Crippen LogP contribution in [-0.4, -0.2) is 42.4 Å². The predicted octanol–water partition coefficient (Wildman–Crippen LogP) is 2.13. The highest BCUT2D eigenvalue weighted by molar-refractivity contribution is 5.86. The van der Waals surface area contributed by atoms with Gasteiger partial charge in [-0.2, -0.15) is 0 Å². The smallest absolute Gasteiger partial charge is 0.270 e. The molecule has 1 saturated heterocycles. The van der Waals surface area contributed by atoms with Gasteiger partial charge in [-0.05, 0) is 18.2 Å². The Morgan fingerprint density at radius 2 is 1.83 bits per heavy atom. The average Bonchev–Trinajstić information content (AvgIpc) is 2.62. The molecule has 1 aliphatic rings. The fourth-order valence-electron chi connectivity index (χ4n) is 2.76. The number of nitro benzene ring substituents is 1. The minimum atomic E-state index is -0.490. The van der Waals surface area contributed by atoms with E-state index in [-0.39, 0.29) is 5.69 Å². The molecule has 7 heteroatoms. The number of carbonyl (C=O) groups excluding carboxylic acids is 1. The van der Waals surface area contributed by atoms with Crippen LogP contribution in [-0.2, 0) is 0 Å². The lowest BCUT2D eigenvalue weighted by Gasteiger charge is -2.37. The molecule has 1 aromatic heterocycles. The summed E-state index contributed by atoms with van der Waals surface area (Å²) < 4.78 is 0. The van der Waals surface area contributed by atoms with Gasteiger partial charge in [0.25, 0.3) is 5.69 Å². The summed E-state index contributed by atoms with van der Waals surface area (Å²) in [5.74, 6) is 0.937. The number of hydrogen-bond donors (Lipinski definition) is 0. The number of nitro groups is 1. The number of nitrogens with zero attached hydrogens (tertiary/aromatic N) is 4. The first-order valence-corrected chi connectivity index (χ1v) is 7.33. The zero-order valence-electron chi connectivity index (χ0n) is 12.5. The molecule has 0 bridgehead atoms. The molecule has 1 aromatic carbocycles. The molecule has 1 aliphatic heterocycles. The highest BCUT2D eigenvalue weighted by Gasteiger charge is 2.21. The number of aromatic nitrogens is 1. The number of benzene rings is 1. The Morgan fingerprint density at radius 1 is 1.09 bits per heavy atom. The molecule has 0 N–H and O–H groups in total. The maximum Gasteiger partial charge on any atom is 0.270 e. The van der Waals surface area contributed by atoms with E-state index in [0.717, 1.165) is 37.7 Å². The third-order valence-electron chi connectivity index (χ3n) is 3.94. The van der Waals surface area contributed by atoms with Gasteiger partial charge in [-0.25, -0.2) is 4.98 Å². The van der Waals surface area contributed by atoms with E-state index in [1.54, 1.807) is 12.3 Å². The van der Waals surface area contributed by atoms with Crippen molar-refractivity contribution in [1.82, 2.24) is 4.98 Å². The van der Waals surface area contributed by atoms with Crippen LogP contribution in [0.25, 0.3) is 0 Å². The standard InChI is InChI=1S/C16H16N4O3/c21-12-13-11-14(20(22)23)4-5-15(13)18-7-9-19(10-8-18)16-3-1-2-6-17-16/h1-6,11-12H,7-10H2. The molecular weight excluding hydrogens is 296 g/mol. The van der Waals surface area contributed by atoms with Crippen molar-refractivity contribution in [3.05, 3.63) is 58.3 Å².